The van der Waals surface area contributed by atoms with Crippen molar-refractivity contribution < 1.29 is 18.5 Å². The molecule has 8 heteroatoms. The number of carbonyl (C=O) groups is 1. The van der Waals surface area contributed by atoms with E-state index in [2.05, 4.69) is 22.0 Å². The number of furan rings is 1. The number of amides is 1. The van der Waals surface area contributed by atoms with Gasteiger partial charge in [0, 0.05) is 43.5 Å². The molecule has 0 bridgehead atoms. The largest absolute Gasteiger partial charge is 0.497 e. The molecule has 1 fully saturated rings. The minimum Gasteiger partial charge on any atom is -0.497 e. The van der Waals surface area contributed by atoms with Crippen LogP contribution in [-0.2, 0) is 6.42 Å². The number of benzene rings is 2. The Morgan fingerprint density at radius 3 is 2.57 bits per heavy atom. The molecule has 4 aromatic rings. The molecule has 3 heterocycles. The predicted molar refractivity (Wildman–Crippen MR) is 133 cm³/mol. The van der Waals surface area contributed by atoms with E-state index in [1.807, 2.05) is 54.3 Å². The van der Waals surface area contributed by atoms with Crippen molar-refractivity contribution in [2.45, 2.75) is 26.7 Å². The van der Waals surface area contributed by atoms with Crippen LogP contribution < -0.4 is 4.74 Å². The Balaban J connectivity index is 1.13. The van der Waals surface area contributed by atoms with E-state index in [0.717, 1.165) is 43.4 Å². The lowest BCUT2D eigenvalue weighted by Crippen LogP contribution is -2.49. The molecule has 0 radical (unpaired) electrons. The summed E-state index contributed by atoms with van der Waals surface area (Å²) < 4.78 is 16.6. The van der Waals surface area contributed by atoms with Crippen LogP contribution in [0.3, 0.4) is 0 Å². The number of rotatable bonds is 7. The van der Waals surface area contributed by atoms with Crippen LogP contribution >= 0.6 is 0 Å². The third-order valence-electron chi connectivity index (χ3n) is 6.59. The van der Waals surface area contributed by atoms with E-state index in [9.17, 15) is 4.79 Å². The van der Waals surface area contributed by atoms with Crippen molar-refractivity contribution in [3.63, 3.8) is 0 Å². The quantitative estimate of drug-likeness (QED) is 0.390. The number of hydrogen-bond donors (Lipinski definition) is 0. The van der Waals surface area contributed by atoms with Gasteiger partial charge in [-0.05, 0) is 45.0 Å². The van der Waals surface area contributed by atoms with Crippen LogP contribution in [0.5, 0.6) is 5.75 Å². The molecule has 5 rings (SSSR count). The number of hydrogen-bond acceptors (Lipinski definition) is 7. The third-order valence-corrected chi connectivity index (χ3v) is 6.59. The number of piperazine rings is 1. The topological polar surface area (TPSA) is 84.8 Å². The van der Waals surface area contributed by atoms with Gasteiger partial charge in [0.15, 0.2) is 0 Å². The number of ether oxygens (including phenoxy) is 1. The van der Waals surface area contributed by atoms with Gasteiger partial charge in [0.2, 0.25) is 11.7 Å². The number of methoxy groups -OCH3 is 1. The van der Waals surface area contributed by atoms with Gasteiger partial charge in [-0.1, -0.05) is 35.0 Å². The fourth-order valence-corrected chi connectivity index (χ4v) is 4.55. The Bertz CT molecular complexity index is 1320. The van der Waals surface area contributed by atoms with Gasteiger partial charge in [-0.3, -0.25) is 9.69 Å². The monoisotopic (exact) mass is 474 g/mol. The van der Waals surface area contributed by atoms with Crippen molar-refractivity contribution in [3.8, 4) is 17.1 Å². The second-order valence-electron chi connectivity index (χ2n) is 9.01. The Labute approximate surface area is 204 Å². The molecule has 0 unspecified atom stereocenters. The molecule has 2 aromatic carbocycles. The molecule has 0 N–H and O–H groups in total. The average molecular weight is 475 g/mol. The highest BCUT2D eigenvalue weighted by molar-refractivity contribution is 6.07. The molecule has 182 valence electrons. The summed E-state index contributed by atoms with van der Waals surface area (Å²) in [6.45, 7) is 7.87. The van der Waals surface area contributed by atoms with Gasteiger partial charge in [0.05, 0.1) is 12.7 Å². The zero-order valence-corrected chi connectivity index (χ0v) is 20.4. The minimum absolute atomic E-state index is 0.0173. The summed E-state index contributed by atoms with van der Waals surface area (Å²) in [7, 11) is 1.62. The summed E-state index contributed by atoms with van der Waals surface area (Å²) in [5, 5.41) is 4.92. The summed E-state index contributed by atoms with van der Waals surface area (Å²) in [6.07, 6.45) is 1.66. The standard InChI is InChI=1S/C27H30N4O4/c1-18-6-8-20(9-7-18)26-28-24(35-29-26)5-4-12-30-13-15-31(16-14-30)27(32)25-19(2)34-23-11-10-21(33-3)17-22(23)25/h6-11,17H,4-5,12-16H2,1-3H3. The van der Waals surface area contributed by atoms with E-state index in [1.54, 1.807) is 7.11 Å². The molecule has 1 saturated heterocycles. The highest BCUT2D eigenvalue weighted by Gasteiger charge is 2.27. The first-order valence-corrected chi connectivity index (χ1v) is 12.0. The highest BCUT2D eigenvalue weighted by atomic mass is 16.5. The molecule has 0 atom stereocenters. The fraction of sp³-hybridized carbons (Fsp3) is 0.370. The average Bonchev–Trinajstić information content (AvgIpc) is 3.47. The molecule has 0 saturated carbocycles. The van der Waals surface area contributed by atoms with Gasteiger partial charge in [-0.15, -0.1) is 0 Å². The van der Waals surface area contributed by atoms with Crippen LogP contribution in [0.2, 0.25) is 0 Å². The zero-order valence-electron chi connectivity index (χ0n) is 20.4. The maximum absolute atomic E-state index is 13.3. The second kappa shape index (κ2) is 9.92. The van der Waals surface area contributed by atoms with Crippen LogP contribution in [0.4, 0.5) is 0 Å². The molecular weight excluding hydrogens is 444 g/mol. The second-order valence-corrected chi connectivity index (χ2v) is 9.01. The van der Waals surface area contributed by atoms with E-state index >= 15 is 0 Å². The maximum Gasteiger partial charge on any atom is 0.258 e. The molecule has 0 aliphatic carbocycles. The van der Waals surface area contributed by atoms with Crippen molar-refractivity contribution >= 4 is 16.9 Å². The summed E-state index contributed by atoms with van der Waals surface area (Å²) in [5.41, 5.74) is 3.50. The van der Waals surface area contributed by atoms with Crippen molar-refractivity contribution in [2.24, 2.45) is 0 Å². The molecule has 1 aliphatic heterocycles. The Kier molecular flexibility index (Phi) is 6.55. The van der Waals surface area contributed by atoms with Gasteiger partial charge >= 0.3 is 0 Å². The van der Waals surface area contributed by atoms with Crippen LogP contribution in [0.15, 0.2) is 51.4 Å². The van der Waals surface area contributed by atoms with Gasteiger partial charge < -0.3 is 18.6 Å². The lowest BCUT2D eigenvalue weighted by atomic mass is 10.1. The summed E-state index contributed by atoms with van der Waals surface area (Å²) >= 11 is 0. The Hall–Kier alpha value is -3.65. The number of carbonyl (C=O) groups excluding carboxylic acids is 1. The SMILES string of the molecule is COc1ccc2oc(C)c(C(=O)N3CCN(CCCc4nc(-c5ccc(C)cc5)no4)CC3)c2c1. The fourth-order valence-electron chi connectivity index (χ4n) is 4.55. The first-order valence-electron chi connectivity index (χ1n) is 12.0. The van der Waals surface area contributed by atoms with Gasteiger partial charge in [-0.2, -0.15) is 4.98 Å². The van der Waals surface area contributed by atoms with E-state index in [4.69, 9.17) is 13.7 Å². The third kappa shape index (κ3) is 4.93. The molecule has 8 nitrogen and oxygen atoms in total. The van der Waals surface area contributed by atoms with Crippen LogP contribution in [0.1, 0.15) is 34.0 Å². The first-order chi connectivity index (χ1) is 17.0. The molecule has 1 amide bonds. The zero-order chi connectivity index (χ0) is 24.4. The molecule has 0 spiro atoms. The van der Waals surface area contributed by atoms with Crippen molar-refractivity contribution in [3.05, 3.63) is 65.2 Å². The van der Waals surface area contributed by atoms with E-state index in [0.29, 0.717) is 47.5 Å². The number of fused-ring (bicyclic) bond motifs is 1. The summed E-state index contributed by atoms with van der Waals surface area (Å²) in [4.78, 5) is 22.1. The van der Waals surface area contributed by atoms with Crippen molar-refractivity contribution in [1.82, 2.24) is 19.9 Å². The maximum atomic E-state index is 13.3. The van der Waals surface area contributed by atoms with Crippen LogP contribution in [-0.4, -0.2) is 65.7 Å². The number of aromatic nitrogens is 2. The molecule has 2 aromatic heterocycles. The lowest BCUT2D eigenvalue weighted by Gasteiger charge is -2.34. The number of nitrogens with zero attached hydrogens (tertiary/aromatic N) is 4. The van der Waals surface area contributed by atoms with Gasteiger partial charge in [0.25, 0.3) is 5.91 Å². The Morgan fingerprint density at radius 1 is 1.06 bits per heavy atom. The molecular formula is C27H30N4O4. The van der Waals surface area contributed by atoms with Crippen LogP contribution in [0.25, 0.3) is 22.4 Å². The first kappa shape index (κ1) is 23.1. The van der Waals surface area contributed by atoms with Crippen LogP contribution in [0, 0.1) is 13.8 Å². The van der Waals surface area contributed by atoms with Crippen molar-refractivity contribution in [2.75, 3.05) is 39.8 Å². The van der Waals surface area contributed by atoms with Crippen molar-refractivity contribution in [1.29, 1.82) is 0 Å². The summed E-state index contributed by atoms with van der Waals surface area (Å²) in [6, 6.07) is 13.7. The molecule has 1 aliphatic rings. The minimum atomic E-state index is 0.0173. The lowest BCUT2D eigenvalue weighted by molar-refractivity contribution is 0.0635. The van der Waals surface area contributed by atoms with Gasteiger partial charge in [-0.25, -0.2) is 0 Å². The Morgan fingerprint density at radius 2 is 1.83 bits per heavy atom. The number of aryl methyl sites for hydroxylation is 3. The van der Waals surface area contributed by atoms with E-state index in [1.165, 1.54) is 5.56 Å². The predicted octanol–water partition coefficient (Wildman–Crippen LogP) is 4.50. The van der Waals surface area contributed by atoms with Gasteiger partial charge in [0.1, 0.15) is 17.1 Å². The van der Waals surface area contributed by atoms with E-state index < -0.39 is 0 Å². The summed E-state index contributed by atoms with van der Waals surface area (Å²) in [5.74, 6) is 2.66. The smallest absolute Gasteiger partial charge is 0.258 e. The van der Waals surface area contributed by atoms with E-state index in [-0.39, 0.29) is 5.91 Å². The normalized spacial score (nSPS) is 14.5. The molecule has 35 heavy (non-hydrogen) atoms. The highest BCUT2D eigenvalue weighted by Crippen LogP contribution is 2.30.